The Kier molecular flexibility index (Phi) is 4.27. The summed E-state index contributed by atoms with van der Waals surface area (Å²) in [5.74, 6) is 0.854. The van der Waals surface area contributed by atoms with Gasteiger partial charge in [0.2, 0.25) is 0 Å². The van der Waals surface area contributed by atoms with Crippen molar-refractivity contribution in [1.29, 1.82) is 0 Å². The van der Waals surface area contributed by atoms with Crippen molar-refractivity contribution in [3.05, 3.63) is 128 Å². The maximum absolute atomic E-state index is 5.39. The van der Waals surface area contributed by atoms with E-state index in [1.165, 1.54) is 16.2 Å². The second-order valence-corrected chi connectivity index (χ2v) is 10.1. The molecular formula is C35H21N5. The van der Waals surface area contributed by atoms with Gasteiger partial charge in [-0.3, -0.25) is 14.0 Å². The Morgan fingerprint density at radius 3 is 2.08 bits per heavy atom. The van der Waals surface area contributed by atoms with E-state index in [1.54, 1.807) is 6.20 Å². The molecule has 0 aliphatic carbocycles. The molecule has 0 aliphatic heterocycles. The molecule has 5 aromatic heterocycles. The van der Waals surface area contributed by atoms with E-state index in [0.29, 0.717) is 0 Å². The summed E-state index contributed by atoms with van der Waals surface area (Å²) in [6, 6.07) is 40.3. The van der Waals surface area contributed by atoms with Crippen molar-refractivity contribution >= 4 is 60.2 Å². The highest BCUT2D eigenvalue weighted by Gasteiger charge is 2.20. The third-order valence-corrected chi connectivity index (χ3v) is 7.98. The predicted molar refractivity (Wildman–Crippen MR) is 163 cm³/mol. The summed E-state index contributed by atoms with van der Waals surface area (Å²) in [5, 5.41) is 5.92. The average Bonchev–Trinajstić information content (AvgIpc) is 3.59. The van der Waals surface area contributed by atoms with E-state index in [1.807, 2.05) is 24.4 Å². The summed E-state index contributed by atoms with van der Waals surface area (Å²) in [4.78, 5) is 14.8. The standard InChI is InChI=1S/C35H21N5/c1-2-13-27-23(10-1)24-11-3-5-15-29(24)39-31-19-18-26-25-12-4-6-16-30(25)40(34(26)33(31)38-35(27)39)32-17-7-14-28(37-32)22-9-8-20-36-21-22/h1-21H. The fourth-order valence-electron chi connectivity index (χ4n) is 6.28. The minimum Gasteiger partial charge on any atom is -0.292 e. The van der Waals surface area contributed by atoms with Crippen LogP contribution >= 0.6 is 0 Å². The van der Waals surface area contributed by atoms with E-state index in [0.717, 1.165) is 61.1 Å². The van der Waals surface area contributed by atoms with Crippen molar-refractivity contribution in [3.8, 4) is 17.1 Å². The van der Waals surface area contributed by atoms with Gasteiger partial charge in [-0.2, -0.15) is 0 Å². The summed E-state index contributed by atoms with van der Waals surface area (Å²) >= 11 is 0. The van der Waals surface area contributed by atoms with Crippen LogP contribution in [0.5, 0.6) is 0 Å². The summed E-state index contributed by atoms with van der Waals surface area (Å²) in [7, 11) is 0. The molecule has 0 N–H and O–H groups in total. The van der Waals surface area contributed by atoms with E-state index in [-0.39, 0.29) is 0 Å². The number of rotatable bonds is 2. The highest BCUT2D eigenvalue weighted by molar-refractivity contribution is 6.20. The first-order chi connectivity index (χ1) is 19.9. The van der Waals surface area contributed by atoms with Gasteiger partial charge in [0.05, 0.1) is 27.8 Å². The Labute approximate surface area is 228 Å². The number of benzene rings is 4. The molecule has 0 fully saturated rings. The van der Waals surface area contributed by atoms with Crippen LogP contribution in [0.2, 0.25) is 0 Å². The average molecular weight is 512 g/mol. The Bertz CT molecular complexity index is 2430. The minimum atomic E-state index is 0.854. The van der Waals surface area contributed by atoms with Crippen molar-refractivity contribution in [1.82, 2.24) is 23.9 Å². The number of fused-ring (bicyclic) bond motifs is 12. The van der Waals surface area contributed by atoms with Gasteiger partial charge in [0, 0.05) is 39.5 Å². The molecule has 0 amide bonds. The molecule has 9 rings (SSSR count). The van der Waals surface area contributed by atoms with Crippen LogP contribution in [0.4, 0.5) is 0 Å². The quantitative estimate of drug-likeness (QED) is 0.219. The van der Waals surface area contributed by atoms with Gasteiger partial charge in [-0.15, -0.1) is 0 Å². The first-order valence-corrected chi connectivity index (χ1v) is 13.4. The van der Waals surface area contributed by atoms with Crippen LogP contribution in [0, 0.1) is 0 Å². The molecule has 40 heavy (non-hydrogen) atoms. The van der Waals surface area contributed by atoms with Crippen molar-refractivity contribution in [2.24, 2.45) is 0 Å². The number of hydrogen-bond donors (Lipinski definition) is 0. The van der Waals surface area contributed by atoms with E-state index in [9.17, 15) is 0 Å². The molecule has 186 valence electrons. The van der Waals surface area contributed by atoms with Crippen LogP contribution in [0.3, 0.4) is 0 Å². The summed E-state index contributed by atoms with van der Waals surface area (Å²) in [5.41, 5.74) is 8.19. The normalized spacial score (nSPS) is 12.0. The van der Waals surface area contributed by atoms with E-state index in [4.69, 9.17) is 9.97 Å². The number of nitrogens with zero attached hydrogens (tertiary/aromatic N) is 5. The molecule has 0 spiro atoms. The number of imidazole rings is 1. The van der Waals surface area contributed by atoms with E-state index >= 15 is 0 Å². The molecule has 4 aromatic carbocycles. The molecule has 0 unspecified atom stereocenters. The summed E-state index contributed by atoms with van der Waals surface area (Å²) < 4.78 is 4.58. The molecule has 0 aliphatic rings. The molecule has 0 saturated carbocycles. The van der Waals surface area contributed by atoms with Gasteiger partial charge in [-0.25, -0.2) is 9.97 Å². The van der Waals surface area contributed by atoms with Crippen molar-refractivity contribution in [2.75, 3.05) is 0 Å². The number of para-hydroxylation sites is 2. The highest BCUT2D eigenvalue weighted by atomic mass is 15.1. The molecule has 5 heterocycles. The molecule has 0 bridgehead atoms. The third kappa shape index (κ3) is 2.83. The first kappa shape index (κ1) is 21.4. The van der Waals surface area contributed by atoms with Gasteiger partial charge in [0.25, 0.3) is 0 Å². The fourth-order valence-corrected chi connectivity index (χ4v) is 6.28. The Morgan fingerprint density at radius 1 is 0.500 bits per heavy atom. The van der Waals surface area contributed by atoms with Crippen LogP contribution in [-0.4, -0.2) is 23.9 Å². The Hall–Kier alpha value is -5.55. The van der Waals surface area contributed by atoms with Gasteiger partial charge >= 0.3 is 0 Å². The number of pyridine rings is 3. The monoisotopic (exact) mass is 511 g/mol. The molecule has 0 saturated heterocycles. The third-order valence-electron chi connectivity index (χ3n) is 7.98. The molecular weight excluding hydrogens is 490 g/mol. The van der Waals surface area contributed by atoms with Crippen molar-refractivity contribution < 1.29 is 0 Å². The van der Waals surface area contributed by atoms with Crippen molar-refractivity contribution in [3.63, 3.8) is 0 Å². The maximum Gasteiger partial charge on any atom is 0.146 e. The second kappa shape index (κ2) is 7.98. The molecule has 5 heteroatoms. The topological polar surface area (TPSA) is 48.0 Å². The summed E-state index contributed by atoms with van der Waals surface area (Å²) in [6.07, 6.45) is 3.64. The second-order valence-electron chi connectivity index (χ2n) is 10.1. The molecule has 9 aromatic rings. The van der Waals surface area contributed by atoms with Crippen LogP contribution in [-0.2, 0) is 0 Å². The lowest BCUT2D eigenvalue weighted by Crippen LogP contribution is -1.99. The summed E-state index contributed by atoms with van der Waals surface area (Å²) in [6.45, 7) is 0. The largest absolute Gasteiger partial charge is 0.292 e. The lowest BCUT2D eigenvalue weighted by molar-refractivity contribution is 1.08. The van der Waals surface area contributed by atoms with Crippen LogP contribution in [0.15, 0.2) is 128 Å². The zero-order valence-electron chi connectivity index (χ0n) is 21.4. The van der Waals surface area contributed by atoms with Crippen molar-refractivity contribution in [2.45, 2.75) is 0 Å². The predicted octanol–water partition coefficient (Wildman–Crippen LogP) is 8.35. The van der Waals surface area contributed by atoms with Gasteiger partial charge in [-0.1, -0.05) is 66.7 Å². The van der Waals surface area contributed by atoms with Crippen LogP contribution < -0.4 is 0 Å². The maximum atomic E-state index is 5.39. The van der Waals surface area contributed by atoms with Gasteiger partial charge in [0.1, 0.15) is 17.0 Å². The lowest BCUT2D eigenvalue weighted by Gasteiger charge is -2.09. The van der Waals surface area contributed by atoms with E-state index < -0.39 is 0 Å². The highest BCUT2D eigenvalue weighted by Crippen LogP contribution is 2.39. The lowest BCUT2D eigenvalue weighted by atomic mass is 10.1. The van der Waals surface area contributed by atoms with E-state index in [2.05, 4.69) is 111 Å². The molecule has 0 radical (unpaired) electrons. The van der Waals surface area contributed by atoms with Crippen LogP contribution in [0.25, 0.3) is 77.2 Å². The zero-order chi connectivity index (χ0) is 26.2. The molecule has 5 nitrogen and oxygen atoms in total. The Morgan fingerprint density at radius 2 is 1.25 bits per heavy atom. The number of aromatic nitrogens is 5. The molecule has 0 atom stereocenters. The zero-order valence-corrected chi connectivity index (χ0v) is 21.4. The fraction of sp³-hybridized carbons (Fsp3) is 0. The van der Waals surface area contributed by atoms with Crippen LogP contribution in [0.1, 0.15) is 0 Å². The van der Waals surface area contributed by atoms with Gasteiger partial charge in [0.15, 0.2) is 0 Å². The minimum absolute atomic E-state index is 0.854. The first-order valence-electron chi connectivity index (χ1n) is 13.4. The smallest absolute Gasteiger partial charge is 0.146 e. The number of hydrogen-bond acceptors (Lipinski definition) is 3. The SMILES string of the molecule is c1cncc(-c2cccc(-n3c4ccccc4c4ccc5c(nc6c7ccccc7c7ccccc7n56)c43)n2)c1. The Balaban J connectivity index is 1.48. The van der Waals surface area contributed by atoms with Gasteiger partial charge in [-0.05, 0) is 53.9 Å². The van der Waals surface area contributed by atoms with Gasteiger partial charge < -0.3 is 0 Å².